The predicted octanol–water partition coefficient (Wildman–Crippen LogP) is 0.514. The van der Waals surface area contributed by atoms with E-state index < -0.39 is 17.9 Å². The summed E-state index contributed by atoms with van der Waals surface area (Å²) in [5.41, 5.74) is 0.0116. The number of carbonyl (C=O) groups excluding carboxylic acids is 1. The quantitative estimate of drug-likeness (QED) is 0.567. The summed E-state index contributed by atoms with van der Waals surface area (Å²) in [6.07, 6.45) is 3.27. The van der Waals surface area contributed by atoms with Crippen LogP contribution in [0.2, 0.25) is 0 Å². The van der Waals surface area contributed by atoms with Gasteiger partial charge in [-0.25, -0.2) is 0 Å². The van der Waals surface area contributed by atoms with Crippen LogP contribution in [0.15, 0.2) is 11.8 Å². The zero-order valence-corrected chi connectivity index (χ0v) is 13.3. The van der Waals surface area contributed by atoms with Crippen LogP contribution in [-0.4, -0.2) is 64.0 Å². The van der Waals surface area contributed by atoms with Gasteiger partial charge in [0.05, 0.1) is 11.8 Å². The molecule has 0 aromatic heterocycles. The summed E-state index contributed by atoms with van der Waals surface area (Å²) >= 11 is 0. The molecule has 2 aliphatic rings. The summed E-state index contributed by atoms with van der Waals surface area (Å²) < 4.78 is 0. The van der Waals surface area contributed by atoms with E-state index in [4.69, 9.17) is 10.2 Å². The second-order valence-corrected chi connectivity index (χ2v) is 6.21. The summed E-state index contributed by atoms with van der Waals surface area (Å²) in [5, 5.41) is 27.2. The van der Waals surface area contributed by atoms with E-state index >= 15 is 0 Å². The molecule has 2 fully saturated rings. The first-order valence-corrected chi connectivity index (χ1v) is 8.03. The van der Waals surface area contributed by atoms with Gasteiger partial charge in [-0.1, -0.05) is 0 Å². The van der Waals surface area contributed by atoms with Gasteiger partial charge >= 0.3 is 11.9 Å². The van der Waals surface area contributed by atoms with Crippen LogP contribution in [0.4, 0.5) is 0 Å². The van der Waals surface area contributed by atoms with Crippen molar-refractivity contribution in [3.05, 3.63) is 11.8 Å². The van der Waals surface area contributed by atoms with Gasteiger partial charge in [-0.2, -0.15) is 5.26 Å². The number of carbonyl (C=O) groups is 3. The van der Waals surface area contributed by atoms with Crippen LogP contribution in [0.25, 0.3) is 0 Å². The first kappa shape index (κ1) is 17.8. The molecule has 0 unspecified atom stereocenters. The molecule has 130 valence electrons. The number of hydrogen-bond acceptors (Lipinski definition) is 5. The molecular formula is C16H21N3O5. The third-order valence-electron chi connectivity index (χ3n) is 4.67. The van der Waals surface area contributed by atoms with Crippen LogP contribution < -0.4 is 0 Å². The lowest BCUT2D eigenvalue weighted by atomic mass is 9.96. The molecule has 0 bridgehead atoms. The molecule has 8 heteroatoms. The average molecular weight is 335 g/mol. The van der Waals surface area contributed by atoms with Gasteiger partial charge in [0.15, 0.2) is 0 Å². The number of amides is 1. The standard InChI is InChI=1S/C16H21N3O5/c17-9-13(10-18-5-1-11(2-6-18)15(21)22)14(20)19-7-3-12(4-8-19)16(23)24/h10-12H,1-8H2,(H,21,22)(H,23,24)/b13-10-. The van der Waals surface area contributed by atoms with Crippen molar-refractivity contribution in [2.75, 3.05) is 26.2 Å². The van der Waals surface area contributed by atoms with E-state index in [0.717, 1.165) is 0 Å². The Kier molecular flexibility index (Phi) is 5.79. The van der Waals surface area contributed by atoms with E-state index in [1.807, 2.05) is 6.07 Å². The van der Waals surface area contributed by atoms with Crippen LogP contribution >= 0.6 is 0 Å². The van der Waals surface area contributed by atoms with E-state index in [2.05, 4.69) is 0 Å². The van der Waals surface area contributed by atoms with Crippen LogP contribution in [0.1, 0.15) is 25.7 Å². The molecule has 0 spiro atoms. The Bertz CT molecular complexity index is 579. The van der Waals surface area contributed by atoms with Crippen molar-refractivity contribution in [2.24, 2.45) is 11.8 Å². The molecule has 1 amide bonds. The number of hydrogen-bond donors (Lipinski definition) is 2. The predicted molar refractivity (Wildman–Crippen MR) is 82.6 cm³/mol. The molecule has 0 aromatic carbocycles. The fourth-order valence-corrected chi connectivity index (χ4v) is 3.09. The van der Waals surface area contributed by atoms with Crippen molar-refractivity contribution in [1.82, 2.24) is 9.80 Å². The minimum atomic E-state index is -0.848. The van der Waals surface area contributed by atoms with E-state index in [0.29, 0.717) is 51.9 Å². The molecule has 0 aromatic rings. The highest BCUT2D eigenvalue weighted by Gasteiger charge is 2.29. The number of piperidine rings is 2. The highest BCUT2D eigenvalue weighted by atomic mass is 16.4. The average Bonchev–Trinajstić information content (AvgIpc) is 2.59. The number of rotatable bonds is 4. The lowest BCUT2D eigenvalue weighted by molar-refractivity contribution is -0.145. The molecule has 0 saturated carbocycles. The van der Waals surface area contributed by atoms with Gasteiger partial charge in [0.1, 0.15) is 11.6 Å². The van der Waals surface area contributed by atoms with Crippen molar-refractivity contribution in [1.29, 1.82) is 5.26 Å². The maximum atomic E-state index is 12.4. The van der Waals surface area contributed by atoms with Crippen molar-refractivity contribution in [3.63, 3.8) is 0 Å². The van der Waals surface area contributed by atoms with Gasteiger partial charge in [-0.3, -0.25) is 14.4 Å². The molecule has 0 atom stereocenters. The third-order valence-corrected chi connectivity index (χ3v) is 4.67. The molecule has 2 saturated heterocycles. The zero-order valence-electron chi connectivity index (χ0n) is 13.3. The number of nitrogens with zero attached hydrogens (tertiary/aromatic N) is 3. The van der Waals surface area contributed by atoms with Crippen LogP contribution in [0, 0.1) is 23.2 Å². The molecule has 0 radical (unpaired) electrons. The molecule has 2 rings (SSSR count). The minimum absolute atomic E-state index is 0.0116. The number of carboxylic acid groups (broad SMARTS) is 2. The summed E-state index contributed by atoms with van der Waals surface area (Å²) in [4.78, 5) is 37.6. The lowest BCUT2D eigenvalue weighted by Gasteiger charge is -2.31. The highest BCUT2D eigenvalue weighted by Crippen LogP contribution is 2.21. The summed E-state index contributed by atoms with van der Waals surface area (Å²) in [5.74, 6) is -2.85. The maximum Gasteiger partial charge on any atom is 0.306 e. The van der Waals surface area contributed by atoms with Crippen LogP contribution in [-0.2, 0) is 14.4 Å². The van der Waals surface area contributed by atoms with E-state index in [1.165, 1.54) is 11.1 Å². The van der Waals surface area contributed by atoms with Gasteiger partial charge in [0, 0.05) is 32.4 Å². The Hall–Kier alpha value is -2.56. The molecule has 0 aliphatic carbocycles. The second-order valence-electron chi connectivity index (χ2n) is 6.21. The Morgan fingerprint density at radius 2 is 1.38 bits per heavy atom. The summed E-state index contributed by atoms with van der Waals surface area (Å²) in [6, 6.07) is 1.91. The fourth-order valence-electron chi connectivity index (χ4n) is 3.09. The Labute approximate surface area is 139 Å². The highest BCUT2D eigenvalue weighted by molar-refractivity contribution is 5.97. The van der Waals surface area contributed by atoms with E-state index in [-0.39, 0.29) is 17.4 Å². The van der Waals surface area contributed by atoms with Gasteiger partial charge in [0.25, 0.3) is 5.91 Å². The Balaban J connectivity index is 1.94. The van der Waals surface area contributed by atoms with Crippen molar-refractivity contribution >= 4 is 17.8 Å². The van der Waals surface area contributed by atoms with Crippen molar-refractivity contribution in [3.8, 4) is 6.07 Å². The molecular weight excluding hydrogens is 314 g/mol. The zero-order chi connectivity index (χ0) is 17.7. The van der Waals surface area contributed by atoms with Crippen molar-refractivity contribution < 1.29 is 24.6 Å². The monoisotopic (exact) mass is 335 g/mol. The SMILES string of the molecule is N#C/C(=C/N1CCC(C(=O)O)CC1)C(=O)N1CCC(C(=O)O)CC1. The number of aliphatic carboxylic acids is 2. The Morgan fingerprint density at radius 1 is 0.917 bits per heavy atom. The van der Waals surface area contributed by atoms with E-state index in [9.17, 15) is 19.6 Å². The fraction of sp³-hybridized carbons (Fsp3) is 0.625. The molecule has 24 heavy (non-hydrogen) atoms. The summed E-state index contributed by atoms with van der Waals surface area (Å²) in [6.45, 7) is 1.65. The lowest BCUT2D eigenvalue weighted by Crippen LogP contribution is -2.41. The molecule has 2 heterocycles. The summed E-state index contributed by atoms with van der Waals surface area (Å²) in [7, 11) is 0. The molecule has 2 N–H and O–H groups in total. The second kappa shape index (κ2) is 7.81. The van der Waals surface area contributed by atoms with Crippen LogP contribution in [0.3, 0.4) is 0 Å². The van der Waals surface area contributed by atoms with Gasteiger partial charge in [-0.05, 0) is 25.7 Å². The largest absolute Gasteiger partial charge is 0.481 e. The first-order valence-electron chi connectivity index (χ1n) is 8.03. The molecule has 8 nitrogen and oxygen atoms in total. The maximum absolute atomic E-state index is 12.4. The smallest absolute Gasteiger partial charge is 0.306 e. The first-order chi connectivity index (χ1) is 11.4. The van der Waals surface area contributed by atoms with Crippen LogP contribution in [0.5, 0.6) is 0 Å². The van der Waals surface area contributed by atoms with E-state index in [1.54, 1.807) is 4.90 Å². The number of nitriles is 1. The van der Waals surface area contributed by atoms with Gasteiger partial charge in [-0.15, -0.1) is 0 Å². The third kappa shape index (κ3) is 4.25. The topological polar surface area (TPSA) is 122 Å². The number of likely N-dealkylation sites (tertiary alicyclic amines) is 2. The normalized spacial score (nSPS) is 20.5. The van der Waals surface area contributed by atoms with Gasteiger partial charge < -0.3 is 20.0 Å². The Morgan fingerprint density at radius 3 is 1.79 bits per heavy atom. The van der Waals surface area contributed by atoms with Gasteiger partial charge in [0.2, 0.25) is 0 Å². The molecule has 2 aliphatic heterocycles. The minimum Gasteiger partial charge on any atom is -0.481 e. The number of carboxylic acids is 2. The van der Waals surface area contributed by atoms with Crippen molar-refractivity contribution in [2.45, 2.75) is 25.7 Å².